The zero-order chi connectivity index (χ0) is 13.7. The molecule has 1 aliphatic rings. The fourth-order valence-corrected chi connectivity index (χ4v) is 2.46. The van der Waals surface area contributed by atoms with Crippen molar-refractivity contribution < 1.29 is 5.21 Å². The molecule has 1 aliphatic heterocycles. The monoisotopic (exact) mass is 263 g/mol. The fourth-order valence-electron chi connectivity index (χ4n) is 2.46. The molecule has 6 nitrogen and oxygen atoms in total. The molecule has 0 amide bonds. The molecule has 2 rings (SSSR count). The van der Waals surface area contributed by atoms with Crippen LogP contribution in [-0.2, 0) is 6.54 Å². The Morgan fingerprint density at radius 3 is 3.21 bits per heavy atom. The van der Waals surface area contributed by atoms with Crippen LogP contribution in [0, 0.1) is 5.92 Å². The van der Waals surface area contributed by atoms with Gasteiger partial charge in [-0.15, -0.1) is 0 Å². The van der Waals surface area contributed by atoms with E-state index in [-0.39, 0.29) is 5.84 Å². The maximum absolute atomic E-state index is 8.74. The quantitative estimate of drug-likeness (QED) is 0.306. The molecule has 2 heterocycles. The molecule has 4 N–H and O–H groups in total. The number of hydrogen-bond acceptors (Lipinski definition) is 5. The highest BCUT2D eigenvalue weighted by atomic mass is 16.4. The molecule has 0 aromatic carbocycles. The number of pyridine rings is 1. The van der Waals surface area contributed by atoms with Crippen molar-refractivity contribution in [1.82, 2.24) is 15.2 Å². The van der Waals surface area contributed by atoms with Crippen molar-refractivity contribution in [2.24, 2.45) is 16.8 Å². The molecule has 1 unspecified atom stereocenters. The molecule has 0 radical (unpaired) electrons. The van der Waals surface area contributed by atoms with Gasteiger partial charge in [-0.1, -0.05) is 11.2 Å². The average Bonchev–Trinajstić information content (AvgIpc) is 2.84. The smallest absolute Gasteiger partial charge is 0.189 e. The minimum absolute atomic E-state index is 0.0537. The lowest BCUT2D eigenvalue weighted by Crippen LogP contribution is -2.26. The van der Waals surface area contributed by atoms with Gasteiger partial charge in [-0.3, -0.25) is 4.98 Å². The Kier molecular flexibility index (Phi) is 4.70. The summed E-state index contributed by atoms with van der Waals surface area (Å²) >= 11 is 0. The second kappa shape index (κ2) is 6.49. The topological polar surface area (TPSA) is 86.8 Å². The first-order valence-electron chi connectivity index (χ1n) is 6.51. The van der Waals surface area contributed by atoms with Crippen LogP contribution in [0.5, 0.6) is 0 Å². The molecule has 1 atom stereocenters. The van der Waals surface area contributed by atoms with Crippen LogP contribution in [0.15, 0.2) is 23.5 Å². The van der Waals surface area contributed by atoms with Crippen LogP contribution >= 0.6 is 0 Å². The summed E-state index contributed by atoms with van der Waals surface area (Å²) in [5.74, 6) is 0.756. The Balaban J connectivity index is 1.89. The Morgan fingerprint density at radius 2 is 2.53 bits per heavy atom. The van der Waals surface area contributed by atoms with E-state index in [9.17, 15) is 0 Å². The molecule has 104 valence electrons. The van der Waals surface area contributed by atoms with E-state index in [1.54, 1.807) is 6.20 Å². The molecule has 19 heavy (non-hydrogen) atoms. The molecular weight excluding hydrogens is 242 g/mol. The summed E-state index contributed by atoms with van der Waals surface area (Å²) in [5, 5.41) is 15.2. The Labute approximate surface area is 113 Å². The lowest BCUT2D eigenvalue weighted by Gasteiger charge is -2.13. The van der Waals surface area contributed by atoms with E-state index >= 15 is 0 Å². The molecule has 1 aromatic rings. The first kappa shape index (κ1) is 13.8. The van der Waals surface area contributed by atoms with Crippen molar-refractivity contribution in [3.8, 4) is 0 Å². The van der Waals surface area contributed by atoms with Crippen molar-refractivity contribution >= 4 is 5.84 Å². The normalized spacial score (nSPS) is 20.9. The van der Waals surface area contributed by atoms with E-state index in [1.165, 1.54) is 13.0 Å². The fraction of sp³-hybridized carbons (Fsp3) is 0.538. The predicted octanol–water partition coefficient (Wildman–Crippen LogP) is 0.217. The average molecular weight is 263 g/mol. The largest absolute Gasteiger partial charge is 0.409 e. The standard InChI is InChI=1S/C13H21N5O/c1-18-6-4-10(9-18)7-15-8-11-3-2-5-16-12(11)13(14)17-19/h2-3,5,10,15,19H,4,6-9H2,1H3,(H2,14,17). The van der Waals surface area contributed by atoms with Crippen LogP contribution < -0.4 is 11.1 Å². The molecule has 0 bridgehead atoms. The molecule has 6 heteroatoms. The highest BCUT2D eigenvalue weighted by molar-refractivity contribution is 5.96. The number of nitrogens with two attached hydrogens (primary N) is 1. The summed E-state index contributed by atoms with van der Waals surface area (Å²) in [6.45, 7) is 3.98. The van der Waals surface area contributed by atoms with Crippen molar-refractivity contribution in [3.63, 3.8) is 0 Å². The maximum atomic E-state index is 8.74. The zero-order valence-corrected chi connectivity index (χ0v) is 11.2. The summed E-state index contributed by atoms with van der Waals surface area (Å²) in [5.41, 5.74) is 7.10. The predicted molar refractivity (Wildman–Crippen MR) is 74.1 cm³/mol. The summed E-state index contributed by atoms with van der Waals surface area (Å²) in [7, 11) is 2.15. The molecule has 1 aromatic heterocycles. The van der Waals surface area contributed by atoms with Crippen molar-refractivity contribution in [3.05, 3.63) is 29.6 Å². The van der Waals surface area contributed by atoms with Gasteiger partial charge >= 0.3 is 0 Å². The number of likely N-dealkylation sites (tertiary alicyclic amines) is 1. The third kappa shape index (κ3) is 3.65. The van der Waals surface area contributed by atoms with Gasteiger partial charge in [0.25, 0.3) is 0 Å². The molecule has 0 saturated carbocycles. The van der Waals surface area contributed by atoms with Crippen molar-refractivity contribution in [1.29, 1.82) is 0 Å². The van der Waals surface area contributed by atoms with Gasteiger partial charge < -0.3 is 21.2 Å². The van der Waals surface area contributed by atoms with Crippen LogP contribution in [0.1, 0.15) is 17.7 Å². The van der Waals surface area contributed by atoms with Gasteiger partial charge in [0.2, 0.25) is 0 Å². The number of oxime groups is 1. The van der Waals surface area contributed by atoms with Crippen LogP contribution in [-0.4, -0.2) is 47.6 Å². The molecule has 1 fully saturated rings. The SMILES string of the molecule is CN1CCC(CNCc2cccnc2C(N)=NO)C1. The van der Waals surface area contributed by atoms with Crippen LogP contribution in [0.4, 0.5) is 0 Å². The van der Waals surface area contributed by atoms with E-state index in [1.807, 2.05) is 12.1 Å². The van der Waals surface area contributed by atoms with Crippen LogP contribution in [0.25, 0.3) is 0 Å². The number of hydrogen-bond donors (Lipinski definition) is 3. The number of rotatable bonds is 5. The van der Waals surface area contributed by atoms with E-state index in [0.29, 0.717) is 18.2 Å². The Bertz CT molecular complexity index is 448. The number of nitrogens with zero attached hydrogens (tertiary/aromatic N) is 3. The van der Waals surface area contributed by atoms with E-state index in [2.05, 4.69) is 27.4 Å². The van der Waals surface area contributed by atoms with Gasteiger partial charge in [0.05, 0.1) is 0 Å². The van der Waals surface area contributed by atoms with Gasteiger partial charge in [0, 0.05) is 19.3 Å². The van der Waals surface area contributed by atoms with Crippen molar-refractivity contribution in [2.45, 2.75) is 13.0 Å². The Morgan fingerprint density at radius 1 is 1.68 bits per heavy atom. The minimum atomic E-state index is 0.0537. The summed E-state index contributed by atoms with van der Waals surface area (Å²) in [4.78, 5) is 6.49. The first-order valence-corrected chi connectivity index (χ1v) is 6.51. The second-order valence-corrected chi connectivity index (χ2v) is 5.04. The molecule has 1 saturated heterocycles. The molecular formula is C13H21N5O. The summed E-state index contributed by atoms with van der Waals surface area (Å²) < 4.78 is 0. The molecule has 0 aliphatic carbocycles. The zero-order valence-electron chi connectivity index (χ0n) is 11.2. The van der Waals surface area contributed by atoms with Gasteiger partial charge in [0.15, 0.2) is 5.84 Å². The summed E-state index contributed by atoms with van der Waals surface area (Å²) in [6.07, 6.45) is 2.88. The van der Waals surface area contributed by atoms with Crippen LogP contribution in [0.2, 0.25) is 0 Å². The van der Waals surface area contributed by atoms with Crippen LogP contribution in [0.3, 0.4) is 0 Å². The van der Waals surface area contributed by atoms with Crippen molar-refractivity contribution in [2.75, 3.05) is 26.7 Å². The first-order chi connectivity index (χ1) is 9.20. The molecule has 0 spiro atoms. The van der Waals surface area contributed by atoms with Gasteiger partial charge in [-0.05, 0) is 44.1 Å². The third-order valence-electron chi connectivity index (χ3n) is 3.48. The van der Waals surface area contributed by atoms with E-state index < -0.39 is 0 Å². The lowest BCUT2D eigenvalue weighted by atomic mass is 10.1. The number of amidine groups is 1. The third-order valence-corrected chi connectivity index (χ3v) is 3.48. The van der Waals surface area contributed by atoms with E-state index in [4.69, 9.17) is 10.9 Å². The lowest BCUT2D eigenvalue weighted by molar-refractivity contribution is 0.318. The Hall–Kier alpha value is -1.66. The van der Waals surface area contributed by atoms with Gasteiger partial charge in [0.1, 0.15) is 5.69 Å². The van der Waals surface area contributed by atoms with E-state index in [0.717, 1.165) is 18.7 Å². The van der Waals surface area contributed by atoms with Gasteiger partial charge in [-0.25, -0.2) is 0 Å². The minimum Gasteiger partial charge on any atom is -0.409 e. The second-order valence-electron chi connectivity index (χ2n) is 5.04. The number of aromatic nitrogens is 1. The maximum Gasteiger partial charge on any atom is 0.189 e. The highest BCUT2D eigenvalue weighted by Gasteiger charge is 2.18. The summed E-state index contributed by atoms with van der Waals surface area (Å²) in [6, 6.07) is 3.79. The van der Waals surface area contributed by atoms with Gasteiger partial charge in [-0.2, -0.15) is 0 Å². The highest BCUT2D eigenvalue weighted by Crippen LogP contribution is 2.13. The number of nitrogens with one attached hydrogen (secondary N) is 1.